The molecule has 2 amide bonds. The van der Waals surface area contributed by atoms with Crippen LogP contribution in [0.3, 0.4) is 0 Å². The van der Waals surface area contributed by atoms with E-state index in [0.29, 0.717) is 23.7 Å². The topological polar surface area (TPSA) is 57.6 Å². The molecule has 3 aliphatic rings. The van der Waals surface area contributed by atoms with Crippen LogP contribution in [0.15, 0.2) is 0 Å². The molecule has 2 bridgehead atoms. The molecule has 0 aromatic heterocycles. The fraction of sp³-hybridized carbons (Fsp3) is 0.900. The summed E-state index contributed by atoms with van der Waals surface area (Å²) in [6, 6.07) is 0. The van der Waals surface area contributed by atoms with E-state index in [9.17, 15) is 27.9 Å². The van der Waals surface area contributed by atoms with E-state index in [1.807, 2.05) is 0 Å². The van der Waals surface area contributed by atoms with Crippen LogP contribution in [0.1, 0.15) is 53.9 Å². The summed E-state index contributed by atoms with van der Waals surface area (Å²) in [6.07, 6.45) is -2.72. The second-order valence-corrected chi connectivity index (χ2v) is 9.16. The molecule has 0 radical (unpaired) electrons. The lowest BCUT2D eigenvalue weighted by Gasteiger charge is -2.36. The largest absolute Gasteiger partial charge is 0.416 e. The molecular weight excluding hydrogens is 359 g/mol. The lowest BCUT2D eigenvalue weighted by Crippen LogP contribution is -2.45. The third-order valence-corrected chi connectivity index (χ3v) is 7.49. The van der Waals surface area contributed by atoms with Gasteiger partial charge in [-0.15, -0.1) is 0 Å². The Kier molecular flexibility index (Phi) is 6.06. The van der Waals surface area contributed by atoms with Crippen LogP contribution < -0.4 is 0 Å². The van der Waals surface area contributed by atoms with Gasteiger partial charge in [-0.1, -0.05) is 27.7 Å². The summed E-state index contributed by atoms with van der Waals surface area (Å²) < 4.78 is 38.0. The zero-order valence-electron chi connectivity index (χ0n) is 17.0. The summed E-state index contributed by atoms with van der Waals surface area (Å²) >= 11 is 0. The van der Waals surface area contributed by atoms with Crippen molar-refractivity contribution in [1.82, 2.24) is 4.90 Å². The molecule has 1 heterocycles. The molecule has 2 aliphatic carbocycles. The molecule has 3 rings (SSSR count). The predicted octanol–water partition coefficient (Wildman–Crippen LogP) is 3.88. The van der Waals surface area contributed by atoms with Gasteiger partial charge >= 0.3 is 6.18 Å². The fourth-order valence-corrected chi connectivity index (χ4v) is 5.10. The molecule has 1 saturated heterocycles. The van der Waals surface area contributed by atoms with E-state index in [4.69, 9.17) is 0 Å². The quantitative estimate of drug-likeness (QED) is 0.727. The molecule has 8 atom stereocenters. The van der Waals surface area contributed by atoms with E-state index in [1.54, 1.807) is 13.8 Å². The maximum Gasteiger partial charge on any atom is 0.416 e. The highest BCUT2D eigenvalue weighted by Gasteiger charge is 2.55. The number of likely N-dealkylation sites (tertiary alicyclic amines) is 1. The van der Waals surface area contributed by atoms with Crippen LogP contribution in [-0.4, -0.2) is 40.6 Å². The molecule has 1 aliphatic heterocycles. The van der Waals surface area contributed by atoms with Gasteiger partial charge in [0.05, 0.1) is 0 Å². The second-order valence-electron chi connectivity index (χ2n) is 9.16. The van der Waals surface area contributed by atoms with Gasteiger partial charge in [0.25, 0.3) is 0 Å². The van der Waals surface area contributed by atoms with Crippen LogP contribution in [0.4, 0.5) is 13.2 Å². The molecule has 4 nitrogen and oxygen atoms in total. The highest BCUT2D eigenvalue weighted by molar-refractivity contribution is 6.04. The minimum Gasteiger partial charge on any atom is -0.381 e. The fourth-order valence-electron chi connectivity index (χ4n) is 5.10. The Morgan fingerprint density at radius 2 is 1.48 bits per heavy atom. The maximum absolute atomic E-state index is 12.7. The average Bonchev–Trinajstić information content (AvgIpc) is 3.14. The van der Waals surface area contributed by atoms with Crippen molar-refractivity contribution in [3.63, 3.8) is 0 Å². The molecular formula is C20H32F3NO3. The molecule has 8 unspecified atom stereocenters. The van der Waals surface area contributed by atoms with Crippen molar-refractivity contribution in [2.75, 3.05) is 7.05 Å². The number of carbonyl (C=O) groups excluding carboxylic acids is 2. The first-order chi connectivity index (χ1) is 12.2. The number of hydrogen-bond donors (Lipinski definition) is 1. The first-order valence-electron chi connectivity index (χ1n) is 9.79. The van der Waals surface area contributed by atoms with Crippen LogP contribution in [0.5, 0.6) is 0 Å². The van der Waals surface area contributed by atoms with Crippen molar-refractivity contribution in [3.8, 4) is 0 Å². The van der Waals surface area contributed by atoms with Crippen molar-refractivity contribution < 1.29 is 27.9 Å². The zero-order valence-corrected chi connectivity index (χ0v) is 17.0. The summed E-state index contributed by atoms with van der Waals surface area (Å²) in [5.41, 5.74) is -2.52. The number of carbonyl (C=O) groups is 2. The van der Waals surface area contributed by atoms with Crippen LogP contribution in [-0.2, 0) is 9.59 Å². The average molecular weight is 391 g/mol. The van der Waals surface area contributed by atoms with Crippen LogP contribution in [0.2, 0.25) is 0 Å². The number of halogens is 3. The van der Waals surface area contributed by atoms with Crippen molar-refractivity contribution in [1.29, 1.82) is 0 Å². The van der Waals surface area contributed by atoms with E-state index in [-0.39, 0.29) is 36.0 Å². The Hall–Kier alpha value is -1.11. The molecule has 0 aromatic carbocycles. The predicted molar refractivity (Wildman–Crippen MR) is 95.4 cm³/mol. The highest BCUT2D eigenvalue weighted by atomic mass is 19.4. The lowest BCUT2D eigenvalue weighted by molar-refractivity contribution is -0.260. The Labute approximate surface area is 159 Å². The molecule has 2 saturated carbocycles. The van der Waals surface area contributed by atoms with E-state index in [0.717, 1.165) is 19.8 Å². The summed E-state index contributed by atoms with van der Waals surface area (Å²) in [7, 11) is 1.53. The SMILES string of the molecule is CC1C(=O)N(C)C(=O)C1C.CC1C2CC(CC(C)(O)C(F)(F)F)C(C2)C1C. The van der Waals surface area contributed by atoms with Crippen molar-refractivity contribution in [2.24, 2.45) is 41.4 Å². The van der Waals surface area contributed by atoms with Gasteiger partial charge in [0.1, 0.15) is 0 Å². The third-order valence-electron chi connectivity index (χ3n) is 7.49. The van der Waals surface area contributed by atoms with Crippen molar-refractivity contribution in [2.45, 2.75) is 65.7 Å². The van der Waals surface area contributed by atoms with E-state index < -0.39 is 11.8 Å². The van der Waals surface area contributed by atoms with E-state index in [1.165, 1.54) is 11.9 Å². The van der Waals surface area contributed by atoms with Crippen LogP contribution in [0, 0.1) is 41.4 Å². The Morgan fingerprint density at radius 1 is 1.00 bits per heavy atom. The van der Waals surface area contributed by atoms with Crippen molar-refractivity contribution >= 4 is 11.8 Å². The molecule has 1 N–H and O–H groups in total. The van der Waals surface area contributed by atoms with Crippen LogP contribution in [0.25, 0.3) is 0 Å². The van der Waals surface area contributed by atoms with Gasteiger partial charge in [0.15, 0.2) is 5.60 Å². The number of alkyl halides is 3. The number of nitrogens with zero attached hydrogens (tertiary/aromatic N) is 1. The summed E-state index contributed by atoms with van der Waals surface area (Å²) in [5.74, 6) is 1.76. The van der Waals surface area contributed by atoms with Gasteiger partial charge in [-0.2, -0.15) is 13.2 Å². The lowest BCUT2D eigenvalue weighted by atomic mass is 9.72. The monoisotopic (exact) mass is 391 g/mol. The van der Waals surface area contributed by atoms with E-state index in [2.05, 4.69) is 13.8 Å². The highest BCUT2D eigenvalue weighted by Crippen LogP contribution is 2.57. The minimum absolute atomic E-state index is 0.0443. The number of rotatable bonds is 2. The number of amides is 2. The molecule has 3 fully saturated rings. The molecule has 27 heavy (non-hydrogen) atoms. The summed E-state index contributed by atoms with van der Waals surface area (Å²) in [5, 5.41) is 9.57. The standard InChI is InChI=1S/C13H21F3O.C7H11NO2/c1-7-8(2)11-5-9(7)4-10(11)6-12(3,17)13(14,15)16;1-4-5(2)7(10)8(3)6(4)9/h7-11,17H,4-6H2,1-3H3;4-5H,1-3H3. The molecule has 7 heteroatoms. The molecule has 0 aromatic rings. The Balaban J connectivity index is 0.000000223. The maximum atomic E-state index is 12.7. The number of imide groups is 1. The Morgan fingerprint density at radius 3 is 1.78 bits per heavy atom. The first-order valence-corrected chi connectivity index (χ1v) is 9.79. The second kappa shape index (κ2) is 7.37. The van der Waals surface area contributed by atoms with Crippen LogP contribution >= 0.6 is 0 Å². The van der Waals surface area contributed by atoms with Gasteiger partial charge in [0.2, 0.25) is 11.8 Å². The molecule has 0 spiro atoms. The van der Waals surface area contributed by atoms with Gasteiger partial charge in [-0.25, -0.2) is 0 Å². The number of aliphatic hydroxyl groups is 1. The number of hydrogen-bond acceptors (Lipinski definition) is 3. The zero-order chi connectivity index (χ0) is 20.9. The van der Waals surface area contributed by atoms with Gasteiger partial charge in [0, 0.05) is 18.9 Å². The molecule has 156 valence electrons. The minimum atomic E-state index is -4.51. The first kappa shape index (κ1) is 22.2. The van der Waals surface area contributed by atoms with E-state index >= 15 is 0 Å². The van der Waals surface area contributed by atoms with Gasteiger partial charge in [-0.05, 0) is 55.8 Å². The van der Waals surface area contributed by atoms with Gasteiger partial charge < -0.3 is 5.11 Å². The Bertz CT molecular complexity index is 568. The smallest absolute Gasteiger partial charge is 0.381 e. The van der Waals surface area contributed by atoms with Crippen molar-refractivity contribution in [3.05, 3.63) is 0 Å². The normalized spacial score (nSPS) is 40.8. The summed E-state index contributed by atoms with van der Waals surface area (Å²) in [6.45, 7) is 8.83. The third kappa shape index (κ3) is 4.03. The van der Waals surface area contributed by atoms with Gasteiger partial charge in [-0.3, -0.25) is 14.5 Å². The number of fused-ring (bicyclic) bond motifs is 2. The summed E-state index contributed by atoms with van der Waals surface area (Å²) in [4.78, 5) is 23.3.